The highest BCUT2D eigenvalue weighted by molar-refractivity contribution is 5.37. The number of unbranched alkanes of at least 4 members (excludes halogenated alkanes) is 1. The van der Waals surface area contributed by atoms with Crippen molar-refractivity contribution >= 4 is 0 Å². The summed E-state index contributed by atoms with van der Waals surface area (Å²) < 4.78 is 0. The van der Waals surface area contributed by atoms with Gasteiger partial charge >= 0.3 is 0 Å². The number of fused-ring (bicyclic) bond motifs is 1. The van der Waals surface area contributed by atoms with E-state index in [0.717, 1.165) is 18.9 Å². The molecule has 106 valence electrons. The predicted molar refractivity (Wildman–Crippen MR) is 82.0 cm³/mol. The van der Waals surface area contributed by atoms with Crippen molar-refractivity contribution in [2.75, 3.05) is 6.54 Å². The van der Waals surface area contributed by atoms with Gasteiger partial charge in [-0.25, -0.2) is 0 Å². The molecule has 1 aliphatic carbocycles. The molecule has 0 heterocycles. The highest BCUT2D eigenvalue weighted by Crippen LogP contribution is 2.37. The number of rotatable bonds is 7. The molecule has 0 amide bonds. The molecular weight excluding hydrogens is 232 g/mol. The van der Waals surface area contributed by atoms with Crippen molar-refractivity contribution in [2.24, 2.45) is 11.7 Å². The third-order valence-corrected chi connectivity index (χ3v) is 4.46. The molecule has 3 N–H and O–H groups in total. The van der Waals surface area contributed by atoms with E-state index in [9.17, 15) is 0 Å². The molecule has 2 nitrogen and oxygen atoms in total. The Hall–Kier alpha value is -0.860. The van der Waals surface area contributed by atoms with Crippen LogP contribution in [-0.4, -0.2) is 6.54 Å². The van der Waals surface area contributed by atoms with E-state index in [1.165, 1.54) is 36.8 Å². The molecule has 1 aliphatic rings. The van der Waals surface area contributed by atoms with E-state index in [2.05, 4.69) is 43.4 Å². The van der Waals surface area contributed by atoms with Crippen molar-refractivity contribution < 1.29 is 0 Å². The molecule has 19 heavy (non-hydrogen) atoms. The number of hydrogen-bond donors (Lipinski definition) is 2. The Bertz CT molecular complexity index is 389. The molecule has 1 aromatic carbocycles. The molecule has 0 aliphatic heterocycles. The Labute approximate surface area is 117 Å². The van der Waals surface area contributed by atoms with Crippen LogP contribution in [0.25, 0.3) is 0 Å². The second-order valence-electron chi connectivity index (χ2n) is 5.85. The summed E-state index contributed by atoms with van der Waals surface area (Å²) in [6.45, 7) is 5.70. The first kappa shape index (κ1) is 14.5. The van der Waals surface area contributed by atoms with Crippen LogP contribution >= 0.6 is 0 Å². The van der Waals surface area contributed by atoms with Gasteiger partial charge in [0.1, 0.15) is 0 Å². The monoisotopic (exact) mass is 260 g/mol. The van der Waals surface area contributed by atoms with E-state index in [-0.39, 0.29) is 6.04 Å². The third kappa shape index (κ3) is 3.58. The largest absolute Gasteiger partial charge is 0.324 e. The molecular formula is C17H28N2. The summed E-state index contributed by atoms with van der Waals surface area (Å²) in [5.41, 5.74) is 8.97. The Morgan fingerprint density at radius 1 is 1.26 bits per heavy atom. The van der Waals surface area contributed by atoms with Crippen LogP contribution in [0.3, 0.4) is 0 Å². The van der Waals surface area contributed by atoms with Gasteiger partial charge in [-0.3, -0.25) is 0 Å². The summed E-state index contributed by atoms with van der Waals surface area (Å²) in [4.78, 5) is 0. The molecule has 2 heteroatoms. The van der Waals surface area contributed by atoms with Gasteiger partial charge in [0.2, 0.25) is 0 Å². The fourth-order valence-electron chi connectivity index (χ4n) is 3.12. The molecule has 0 saturated carbocycles. The van der Waals surface area contributed by atoms with Crippen LogP contribution < -0.4 is 11.1 Å². The summed E-state index contributed by atoms with van der Waals surface area (Å²) in [7, 11) is 0. The first-order chi connectivity index (χ1) is 9.26. The van der Waals surface area contributed by atoms with Crippen molar-refractivity contribution in [3.8, 4) is 0 Å². The maximum atomic E-state index is 6.22. The zero-order chi connectivity index (χ0) is 13.7. The fourth-order valence-corrected chi connectivity index (χ4v) is 3.12. The van der Waals surface area contributed by atoms with Crippen LogP contribution in [0.2, 0.25) is 0 Å². The van der Waals surface area contributed by atoms with Gasteiger partial charge < -0.3 is 11.1 Å². The number of nitrogens with one attached hydrogen (secondary N) is 1. The molecule has 0 saturated heterocycles. The maximum Gasteiger partial charge on any atom is 0.0341 e. The molecule has 0 aromatic heterocycles. The van der Waals surface area contributed by atoms with E-state index < -0.39 is 0 Å². The summed E-state index contributed by atoms with van der Waals surface area (Å²) >= 11 is 0. The average molecular weight is 260 g/mol. The molecule has 2 rings (SSSR count). The minimum atomic E-state index is 0.212. The van der Waals surface area contributed by atoms with Gasteiger partial charge in [-0.1, -0.05) is 57.4 Å². The quantitative estimate of drug-likeness (QED) is 0.779. The Balaban J connectivity index is 1.90. The van der Waals surface area contributed by atoms with Crippen LogP contribution in [-0.2, 0) is 0 Å². The van der Waals surface area contributed by atoms with Crippen molar-refractivity contribution in [1.29, 1.82) is 0 Å². The smallest absolute Gasteiger partial charge is 0.0341 e. The Morgan fingerprint density at radius 3 is 2.68 bits per heavy atom. The van der Waals surface area contributed by atoms with Crippen molar-refractivity contribution in [2.45, 2.75) is 58.0 Å². The molecule has 0 radical (unpaired) electrons. The van der Waals surface area contributed by atoms with Crippen LogP contribution in [0.15, 0.2) is 24.3 Å². The minimum Gasteiger partial charge on any atom is -0.324 e. The van der Waals surface area contributed by atoms with Crippen molar-refractivity contribution in [1.82, 2.24) is 5.32 Å². The lowest BCUT2D eigenvalue weighted by Crippen LogP contribution is -2.26. The number of nitrogens with two attached hydrogens (primary N) is 1. The Morgan fingerprint density at radius 2 is 2.00 bits per heavy atom. The third-order valence-electron chi connectivity index (χ3n) is 4.46. The lowest BCUT2D eigenvalue weighted by molar-refractivity contribution is 0.384. The molecule has 3 unspecified atom stereocenters. The average Bonchev–Trinajstić information content (AvgIpc) is 2.76. The van der Waals surface area contributed by atoms with E-state index >= 15 is 0 Å². The summed E-state index contributed by atoms with van der Waals surface area (Å²) in [5.74, 6) is 0.809. The van der Waals surface area contributed by atoms with E-state index in [1.807, 2.05) is 0 Å². The van der Waals surface area contributed by atoms with Gasteiger partial charge in [-0.15, -0.1) is 0 Å². The summed E-state index contributed by atoms with van der Waals surface area (Å²) in [6.07, 6.45) is 6.31. The van der Waals surface area contributed by atoms with Crippen molar-refractivity contribution in [3.63, 3.8) is 0 Å². The highest BCUT2D eigenvalue weighted by Gasteiger charge is 2.27. The second-order valence-corrected chi connectivity index (χ2v) is 5.85. The van der Waals surface area contributed by atoms with E-state index in [1.54, 1.807) is 0 Å². The predicted octanol–water partition coefficient (Wildman–Crippen LogP) is 3.94. The molecule has 0 bridgehead atoms. The standard InChI is InChI=1S/C17H28N2/c1-3-5-8-13(4-2)12-19-17-11-16(18)14-9-6-7-10-15(14)17/h6-7,9-10,13,16-17,19H,3-5,8,11-12,18H2,1-2H3. The number of benzene rings is 1. The zero-order valence-electron chi connectivity index (χ0n) is 12.4. The van der Waals surface area contributed by atoms with E-state index in [4.69, 9.17) is 5.73 Å². The van der Waals surface area contributed by atoms with Gasteiger partial charge in [-0.2, -0.15) is 0 Å². The van der Waals surface area contributed by atoms with Crippen LogP contribution in [0, 0.1) is 5.92 Å². The summed E-state index contributed by atoms with van der Waals surface area (Å²) in [6, 6.07) is 9.30. The zero-order valence-corrected chi connectivity index (χ0v) is 12.4. The topological polar surface area (TPSA) is 38.0 Å². The molecule has 1 aromatic rings. The van der Waals surface area contributed by atoms with Crippen molar-refractivity contribution in [3.05, 3.63) is 35.4 Å². The first-order valence-electron chi connectivity index (χ1n) is 7.84. The number of hydrogen-bond acceptors (Lipinski definition) is 2. The van der Waals surface area contributed by atoms with E-state index in [0.29, 0.717) is 6.04 Å². The van der Waals surface area contributed by atoms with Gasteiger partial charge in [-0.05, 0) is 36.4 Å². The van der Waals surface area contributed by atoms with Gasteiger partial charge in [0.15, 0.2) is 0 Å². The van der Waals surface area contributed by atoms with Gasteiger partial charge in [0, 0.05) is 12.1 Å². The summed E-state index contributed by atoms with van der Waals surface area (Å²) in [5, 5.41) is 3.75. The normalized spacial score (nSPS) is 23.3. The first-order valence-corrected chi connectivity index (χ1v) is 7.84. The maximum absolute atomic E-state index is 6.22. The second kappa shape index (κ2) is 7.06. The fraction of sp³-hybridized carbons (Fsp3) is 0.647. The minimum absolute atomic E-state index is 0.212. The molecule has 0 fully saturated rings. The lowest BCUT2D eigenvalue weighted by Gasteiger charge is -2.20. The van der Waals surface area contributed by atoms with Gasteiger partial charge in [0.25, 0.3) is 0 Å². The molecule has 0 spiro atoms. The SMILES string of the molecule is CCCCC(CC)CNC1CC(N)c2ccccc21. The van der Waals surface area contributed by atoms with Crippen LogP contribution in [0.5, 0.6) is 0 Å². The Kier molecular flexibility index (Phi) is 5.41. The lowest BCUT2D eigenvalue weighted by atomic mass is 9.98. The van der Waals surface area contributed by atoms with Crippen LogP contribution in [0.4, 0.5) is 0 Å². The van der Waals surface area contributed by atoms with Crippen LogP contribution in [0.1, 0.15) is 69.2 Å². The highest BCUT2D eigenvalue weighted by atomic mass is 14.9. The molecule has 3 atom stereocenters. The van der Waals surface area contributed by atoms with Gasteiger partial charge in [0.05, 0.1) is 0 Å².